The number of hydrogen-bond acceptors (Lipinski definition) is 1. The Morgan fingerprint density at radius 2 is 1.89 bits per heavy atom. The van der Waals surface area contributed by atoms with Crippen LogP contribution in [0.15, 0.2) is 60.9 Å². The smallest absolute Gasteiger partial charge is 0.130 e. The van der Waals surface area contributed by atoms with E-state index in [0.717, 1.165) is 17.9 Å². The molecule has 0 spiro atoms. The molecule has 90 valence electrons. The maximum absolute atomic E-state index is 5.74. The van der Waals surface area contributed by atoms with Gasteiger partial charge in [-0.1, -0.05) is 54.6 Å². The van der Waals surface area contributed by atoms with Crippen LogP contribution < -0.4 is 4.74 Å². The minimum atomic E-state index is 0.363. The van der Waals surface area contributed by atoms with Gasteiger partial charge in [0.2, 0.25) is 0 Å². The Morgan fingerprint density at radius 1 is 1.11 bits per heavy atom. The van der Waals surface area contributed by atoms with Crippen molar-refractivity contribution in [3.8, 4) is 5.75 Å². The van der Waals surface area contributed by atoms with Crippen LogP contribution in [0, 0.1) is 6.92 Å². The van der Waals surface area contributed by atoms with Gasteiger partial charge in [0.05, 0.1) is 5.76 Å². The average molecular weight is 236 g/mol. The SMILES string of the molecule is C=C1CC(c2ccccc2)c2cc(C)ccc2O1. The lowest BCUT2D eigenvalue weighted by Gasteiger charge is -2.27. The van der Waals surface area contributed by atoms with Gasteiger partial charge >= 0.3 is 0 Å². The number of hydrogen-bond donors (Lipinski definition) is 0. The summed E-state index contributed by atoms with van der Waals surface area (Å²) in [5, 5.41) is 0. The highest BCUT2D eigenvalue weighted by Crippen LogP contribution is 2.41. The summed E-state index contributed by atoms with van der Waals surface area (Å²) in [6.45, 7) is 6.11. The van der Waals surface area contributed by atoms with E-state index < -0.39 is 0 Å². The van der Waals surface area contributed by atoms with Crippen molar-refractivity contribution in [2.24, 2.45) is 0 Å². The zero-order chi connectivity index (χ0) is 12.5. The Labute approximate surface area is 108 Å². The second-order valence-corrected chi connectivity index (χ2v) is 4.85. The number of fused-ring (bicyclic) bond motifs is 1. The average Bonchev–Trinajstić information content (AvgIpc) is 2.39. The van der Waals surface area contributed by atoms with Gasteiger partial charge in [0.1, 0.15) is 5.75 Å². The van der Waals surface area contributed by atoms with Gasteiger partial charge in [0.25, 0.3) is 0 Å². The molecule has 3 rings (SSSR count). The Balaban J connectivity index is 2.12. The standard InChI is InChI=1S/C17H16O/c1-12-8-9-17-16(10-12)15(11-13(2)18-17)14-6-4-3-5-7-14/h3-10,15H,2,11H2,1H3. The quantitative estimate of drug-likeness (QED) is 0.712. The van der Waals surface area contributed by atoms with Gasteiger partial charge < -0.3 is 4.74 Å². The van der Waals surface area contributed by atoms with Gasteiger partial charge in [0.15, 0.2) is 0 Å². The molecule has 1 aliphatic rings. The second kappa shape index (κ2) is 4.34. The normalized spacial score (nSPS) is 18.1. The fourth-order valence-electron chi connectivity index (χ4n) is 2.55. The van der Waals surface area contributed by atoms with E-state index in [1.54, 1.807) is 0 Å². The summed E-state index contributed by atoms with van der Waals surface area (Å²) in [5.41, 5.74) is 3.87. The van der Waals surface area contributed by atoms with Crippen LogP contribution in [-0.2, 0) is 0 Å². The number of benzene rings is 2. The summed E-state index contributed by atoms with van der Waals surface area (Å²) < 4.78 is 5.74. The van der Waals surface area contributed by atoms with Gasteiger partial charge in [0, 0.05) is 17.9 Å². The third kappa shape index (κ3) is 1.92. The monoisotopic (exact) mass is 236 g/mol. The van der Waals surface area contributed by atoms with Crippen molar-refractivity contribution in [2.75, 3.05) is 0 Å². The molecule has 2 aromatic carbocycles. The van der Waals surface area contributed by atoms with Gasteiger partial charge in [-0.2, -0.15) is 0 Å². The summed E-state index contributed by atoms with van der Waals surface area (Å²) >= 11 is 0. The van der Waals surface area contributed by atoms with E-state index in [2.05, 4.69) is 56.0 Å². The molecular formula is C17H16O. The van der Waals surface area contributed by atoms with E-state index in [1.807, 2.05) is 6.07 Å². The lowest BCUT2D eigenvalue weighted by molar-refractivity contribution is 0.367. The topological polar surface area (TPSA) is 9.23 Å². The fourth-order valence-corrected chi connectivity index (χ4v) is 2.55. The Kier molecular flexibility index (Phi) is 2.67. The van der Waals surface area contributed by atoms with Crippen molar-refractivity contribution in [2.45, 2.75) is 19.3 Å². The Hall–Kier alpha value is -2.02. The molecule has 1 aliphatic heterocycles. The molecule has 0 aliphatic carbocycles. The molecule has 0 amide bonds. The Morgan fingerprint density at radius 3 is 2.67 bits per heavy atom. The van der Waals surface area contributed by atoms with Crippen LogP contribution in [0.1, 0.15) is 29.0 Å². The molecule has 0 radical (unpaired) electrons. The van der Waals surface area contributed by atoms with Gasteiger partial charge in [-0.3, -0.25) is 0 Å². The highest BCUT2D eigenvalue weighted by Gasteiger charge is 2.25. The first-order valence-corrected chi connectivity index (χ1v) is 6.25. The molecular weight excluding hydrogens is 220 g/mol. The van der Waals surface area contributed by atoms with E-state index in [4.69, 9.17) is 4.74 Å². The molecule has 2 aromatic rings. The van der Waals surface area contributed by atoms with Gasteiger partial charge in [-0.05, 0) is 18.6 Å². The molecule has 1 unspecified atom stereocenters. The van der Waals surface area contributed by atoms with Crippen LogP contribution in [-0.4, -0.2) is 0 Å². The zero-order valence-electron chi connectivity index (χ0n) is 10.5. The molecule has 0 saturated heterocycles. The minimum Gasteiger partial charge on any atom is -0.462 e. The predicted molar refractivity (Wildman–Crippen MR) is 73.8 cm³/mol. The predicted octanol–water partition coefficient (Wildman–Crippen LogP) is 4.42. The van der Waals surface area contributed by atoms with Crippen LogP contribution in [0.2, 0.25) is 0 Å². The first-order chi connectivity index (χ1) is 8.74. The van der Waals surface area contributed by atoms with Crippen LogP contribution in [0.4, 0.5) is 0 Å². The second-order valence-electron chi connectivity index (χ2n) is 4.85. The zero-order valence-corrected chi connectivity index (χ0v) is 10.5. The molecule has 1 atom stereocenters. The van der Waals surface area contributed by atoms with Crippen molar-refractivity contribution < 1.29 is 4.74 Å². The van der Waals surface area contributed by atoms with Gasteiger partial charge in [-0.15, -0.1) is 0 Å². The number of ether oxygens (including phenoxy) is 1. The lowest BCUT2D eigenvalue weighted by atomic mass is 9.85. The number of aryl methyl sites for hydroxylation is 1. The number of rotatable bonds is 1. The van der Waals surface area contributed by atoms with E-state index in [1.165, 1.54) is 16.7 Å². The molecule has 1 heteroatoms. The largest absolute Gasteiger partial charge is 0.462 e. The van der Waals surface area contributed by atoms with Gasteiger partial charge in [-0.25, -0.2) is 0 Å². The summed E-state index contributed by atoms with van der Waals surface area (Å²) in [4.78, 5) is 0. The highest BCUT2D eigenvalue weighted by atomic mass is 16.5. The van der Waals surface area contributed by atoms with E-state index >= 15 is 0 Å². The van der Waals surface area contributed by atoms with Crippen molar-refractivity contribution in [1.29, 1.82) is 0 Å². The highest BCUT2D eigenvalue weighted by molar-refractivity contribution is 5.47. The van der Waals surface area contributed by atoms with Crippen molar-refractivity contribution in [3.05, 3.63) is 77.6 Å². The first kappa shape index (κ1) is 11.1. The summed E-state index contributed by atoms with van der Waals surface area (Å²) in [6.07, 6.45) is 0.862. The molecule has 0 bridgehead atoms. The molecule has 0 N–H and O–H groups in total. The fraction of sp³-hybridized carbons (Fsp3) is 0.176. The molecule has 0 saturated carbocycles. The van der Waals surface area contributed by atoms with E-state index in [9.17, 15) is 0 Å². The van der Waals surface area contributed by atoms with Crippen LogP contribution in [0.25, 0.3) is 0 Å². The summed E-state index contributed by atoms with van der Waals surface area (Å²) in [6, 6.07) is 16.9. The third-order valence-corrected chi connectivity index (χ3v) is 3.43. The van der Waals surface area contributed by atoms with Crippen LogP contribution in [0.3, 0.4) is 0 Å². The van der Waals surface area contributed by atoms with E-state index in [-0.39, 0.29) is 0 Å². The molecule has 18 heavy (non-hydrogen) atoms. The maximum atomic E-state index is 5.74. The van der Waals surface area contributed by atoms with Crippen LogP contribution >= 0.6 is 0 Å². The lowest BCUT2D eigenvalue weighted by Crippen LogP contribution is -2.13. The van der Waals surface area contributed by atoms with Crippen LogP contribution in [0.5, 0.6) is 5.75 Å². The molecule has 0 aromatic heterocycles. The van der Waals surface area contributed by atoms with E-state index in [0.29, 0.717) is 5.92 Å². The molecule has 1 nitrogen and oxygen atoms in total. The third-order valence-electron chi connectivity index (χ3n) is 3.43. The van der Waals surface area contributed by atoms with Crippen molar-refractivity contribution in [3.63, 3.8) is 0 Å². The maximum Gasteiger partial charge on any atom is 0.130 e. The van der Waals surface area contributed by atoms with Crippen molar-refractivity contribution in [1.82, 2.24) is 0 Å². The molecule has 0 fully saturated rings. The Bertz CT molecular complexity index is 584. The number of allylic oxidation sites excluding steroid dienone is 1. The van der Waals surface area contributed by atoms with Crippen molar-refractivity contribution >= 4 is 0 Å². The summed E-state index contributed by atoms with van der Waals surface area (Å²) in [7, 11) is 0. The molecule has 1 heterocycles. The first-order valence-electron chi connectivity index (χ1n) is 6.25. The summed E-state index contributed by atoms with van der Waals surface area (Å²) in [5.74, 6) is 2.16. The minimum absolute atomic E-state index is 0.363.